The molecule has 0 radical (unpaired) electrons. The molecule has 0 aliphatic rings. The van der Waals surface area contributed by atoms with E-state index < -0.39 is 0 Å². The Morgan fingerprint density at radius 3 is 2.21 bits per heavy atom. The van der Waals surface area contributed by atoms with Crippen LogP contribution in [-0.4, -0.2) is 17.1 Å². The summed E-state index contributed by atoms with van der Waals surface area (Å²) < 4.78 is 0. The molecule has 3 nitrogen and oxygen atoms in total. The number of aldehydes is 1. The van der Waals surface area contributed by atoms with Gasteiger partial charge >= 0.3 is 0 Å². The number of ketones is 1. The minimum absolute atomic E-state index is 0.0981. The summed E-state index contributed by atoms with van der Waals surface area (Å²) in [6.07, 6.45) is 4.14. The minimum atomic E-state index is -0.0981. The first-order valence-electron chi connectivity index (χ1n) is 9.40. The maximum atomic E-state index is 13.2. The number of para-hydroxylation sites is 1. The molecule has 140 valence electrons. The topological polar surface area (TPSA) is 47.0 Å². The highest BCUT2D eigenvalue weighted by Crippen LogP contribution is 2.33. The van der Waals surface area contributed by atoms with Crippen molar-refractivity contribution in [3.8, 4) is 11.1 Å². The molecule has 0 saturated heterocycles. The van der Waals surface area contributed by atoms with E-state index in [0.717, 1.165) is 33.9 Å². The lowest BCUT2D eigenvalue weighted by Gasteiger charge is -2.14. The summed E-state index contributed by atoms with van der Waals surface area (Å²) in [6, 6.07) is 24.9. The fourth-order valence-corrected chi connectivity index (χ4v) is 3.48. The Morgan fingerprint density at radius 2 is 1.48 bits per heavy atom. The number of fused-ring (bicyclic) bond motifs is 1. The van der Waals surface area contributed by atoms with E-state index in [4.69, 9.17) is 0 Å². The second kappa shape index (κ2) is 8.03. The summed E-state index contributed by atoms with van der Waals surface area (Å²) in [5, 5.41) is 0.955. The summed E-state index contributed by atoms with van der Waals surface area (Å²) in [4.78, 5) is 28.7. The number of benzene rings is 3. The maximum absolute atomic E-state index is 13.2. The number of nitrogens with zero attached hydrogens (tertiary/aromatic N) is 1. The lowest BCUT2D eigenvalue weighted by molar-refractivity contribution is 0.104. The van der Waals surface area contributed by atoms with Crippen molar-refractivity contribution in [1.82, 2.24) is 4.98 Å². The van der Waals surface area contributed by atoms with Crippen LogP contribution >= 0.6 is 0 Å². The van der Waals surface area contributed by atoms with Crippen LogP contribution < -0.4 is 0 Å². The highest BCUT2D eigenvalue weighted by atomic mass is 16.1. The van der Waals surface area contributed by atoms with E-state index in [1.54, 1.807) is 24.3 Å². The lowest BCUT2D eigenvalue weighted by atomic mass is 9.92. The zero-order valence-electron chi connectivity index (χ0n) is 16.0. The first kappa shape index (κ1) is 18.5. The average Bonchev–Trinajstić information content (AvgIpc) is 2.77. The van der Waals surface area contributed by atoms with Crippen molar-refractivity contribution in [2.24, 2.45) is 0 Å². The Labute approximate surface area is 169 Å². The molecule has 4 rings (SSSR count). The van der Waals surface area contributed by atoms with E-state index in [9.17, 15) is 9.59 Å². The first-order valence-corrected chi connectivity index (χ1v) is 9.40. The van der Waals surface area contributed by atoms with Gasteiger partial charge in [0.05, 0.1) is 11.1 Å². The Bertz CT molecular complexity index is 1220. The number of carbonyl (C=O) groups excluding carboxylic acids is 2. The molecule has 0 N–H and O–H groups in total. The maximum Gasteiger partial charge on any atom is 0.188 e. The highest BCUT2D eigenvalue weighted by Gasteiger charge is 2.18. The Kier molecular flexibility index (Phi) is 5.12. The van der Waals surface area contributed by atoms with E-state index in [2.05, 4.69) is 4.98 Å². The van der Waals surface area contributed by atoms with E-state index in [-0.39, 0.29) is 5.78 Å². The Balaban J connectivity index is 1.84. The fourth-order valence-electron chi connectivity index (χ4n) is 3.48. The monoisotopic (exact) mass is 377 g/mol. The highest BCUT2D eigenvalue weighted by molar-refractivity contribution is 6.16. The predicted molar refractivity (Wildman–Crippen MR) is 117 cm³/mol. The Morgan fingerprint density at radius 1 is 0.828 bits per heavy atom. The molecule has 29 heavy (non-hydrogen) atoms. The molecule has 3 heteroatoms. The Hall–Kier alpha value is -3.85. The smallest absolute Gasteiger partial charge is 0.188 e. The summed E-state index contributed by atoms with van der Waals surface area (Å²) in [5.41, 5.74) is 5.53. The van der Waals surface area contributed by atoms with Gasteiger partial charge in [0.2, 0.25) is 0 Å². The number of aromatic nitrogens is 1. The average molecular weight is 377 g/mol. The van der Waals surface area contributed by atoms with Crippen LogP contribution in [0.3, 0.4) is 0 Å². The zero-order valence-corrected chi connectivity index (χ0v) is 16.0. The van der Waals surface area contributed by atoms with Crippen LogP contribution in [0, 0.1) is 6.92 Å². The third kappa shape index (κ3) is 3.76. The van der Waals surface area contributed by atoms with Gasteiger partial charge in [-0.25, -0.2) is 0 Å². The van der Waals surface area contributed by atoms with Gasteiger partial charge in [-0.15, -0.1) is 0 Å². The molecule has 0 atom stereocenters. The molecule has 1 aromatic heterocycles. The van der Waals surface area contributed by atoms with Gasteiger partial charge in [0, 0.05) is 22.2 Å². The van der Waals surface area contributed by atoms with E-state index in [1.165, 1.54) is 0 Å². The predicted octanol–water partition coefficient (Wildman–Crippen LogP) is 5.92. The quantitative estimate of drug-likeness (QED) is 0.246. The molecular formula is C26H19NO2. The van der Waals surface area contributed by atoms with Gasteiger partial charge in [-0.05, 0) is 30.2 Å². The molecule has 3 aromatic carbocycles. The largest absolute Gasteiger partial charge is 0.298 e. The second-order valence-electron chi connectivity index (χ2n) is 6.81. The number of pyridine rings is 1. The van der Waals surface area contributed by atoms with Gasteiger partial charge < -0.3 is 0 Å². The molecule has 0 aliphatic heterocycles. The van der Waals surface area contributed by atoms with Crippen LogP contribution in [0.25, 0.3) is 28.1 Å². The van der Waals surface area contributed by atoms with Crippen LogP contribution in [-0.2, 0) is 0 Å². The standard InChI is InChI=1S/C26H19NO2/c1-18-25(24(29)16-15-19-11-13-20(17-28)14-12-19)26(21-7-3-2-4-8-21)22-9-5-6-10-23(22)27-18/h2-17H,1H3/b16-15+. The van der Waals surface area contributed by atoms with E-state index >= 15 is 0 Å². The summed E-state index contributed by atoms with van der Waals surface area (Å²) >= 11 is 0. The molecule has 0 spiro atoms. The van der Waals surface area contributed by atoms with Crippen molar-refractivity contribution in [3.05, 3.63) is 107 Å². The molecule has 4 aromatic rings. The summed E-state index contributed by atoms with van der Waals surface area (Å²) in [5.74, 6) is -0.0981. The van der Waals surface area contributed by atoms with Gasteiger partial charge in [0.25, 0.3) is 0 Å². The molecule has 0 saturated carbocycles. The van der Waals surface area contributed by atoms with Gasteiger partial charge in [-0.1, -0.05) is 78.9 Å². The van der Waals surface area contributed by atoms with Gasteiger partial charge in [-0.2, -0.15) is 0 Å². The summed E-state index contributed by atoms with van der Waals surface area (Å²) in [7, 11) is 0. The third-order valence-electron chi connectivity index (χ3n) is 4.88. The van der Waals surface area contributed by atoms with Gasteiger partial charge in [-0.3, -0.25) is 14.6 Å². The van der Waals surface area contributed by atoms with E-state index in [0.29, 0.717) is 16.8 Å². The van der Waals surface area contributed by atoms with Crippen LogP contribution in [0.4, 0.5) is 0 Å². The number of hydrogen-bond donors (Lipinski definition) is 0. The van der Waals surface area contributed by atoms with Crippen molar-refractivity contribution in [1.29, 1.82) is 0 Å². The zero-order chi connectivity index (χ0) is 20.2. The number of carbonyl (C=O) groups is 2. The number of allylic oxidation sites excluding steroid dienone is 1. The van der Waals surface area contributed by atoms with Gasteiger partial charge in [0.1, 0.15) is 6.29 Å². The number of hydrogen-bond acceptors (Lipinski definition) is 3. The molecule has 0 fully saturated rings. The van der Waals surface area contributed by atoms with E-state index in [1.807, 2.05) is 73.7 Å². The van der Waals surface area contributed by atoms with Crippen molar-refractivity contribution in [2.75, 3.05) is 0 Å². The van der Waals surface area contributed by atoms with Crippen LogP contribution in [0.5, 0.6) is 0 Å². The third-order valence-corrected chi connectivity index (χ3v) is 4.88. The van der Waals surface area contributed by atoms with Crippen LogP contribution in [0.1, 0.15) is 32.0 Å². The fraction of sp³-hybridized carbons (Fsp3) is 0.0385. The van der Waals surface area contributed by atoms with Crippen LogP contribution in [0.2, 0.25) is 0 Å². The molecule has 0 amide bonds. The van der Waals surface area contributed by atoms with Crippen LogP contribution in [0.15, 0.2) is 84.9 Å². The normalized spacial score (nSPS) is 11.1. The molecule has 1 heterocycles. The van der Waals surface area contributed by atoms with Gasteiger partial charge in [0.15, 0.2) is 5.78 Å². The van der Waals surface area contributed by atoms with Crippen molar-refractivity contribution in [3.63, 3.8) is 0 Å². The molecule has 0 aliphatic carbocycles. The first-order chi connectivity index (χ1) is 14.2. The molecule has 0 bridgehead atoms. The summed E-state index contributed by atoms with van der Waals surface area (Å²) in [6.45, 7) is 1.87. The molecule has 0 unspecified atom stereocenters. The van der Waals surface area contributed by atoms with Crippen molar-refractivity contribution < 1.29 is 9.59 Å². The second-order valence-corrected chi connectivity index (χ2v) is 6.81. The van der Waals surface area contributed by atoms with Crippen molar-refractivity contribution in [2.45, 2.75) is 6.92 Å². The number of aryl methyl sites for hydroxylation is 1. The minimum Gasteiger partial charge on any atom is -0.298 e. The SMILES string of the molecule is Cc1nc2ccccc2c(-c2ccccc2)c1C(=O)/C=C/c1ccc(C=O)cc1. The molecular weight excluding hydrogens is 358 g/mol. The number of rotatable bonds is 5. The van der Waals surface area contributed by atoms with Crippen molar-refractivity contribution >= 4 is 29.0 Å². The lowest BCUT2D eigenvalue weighted by Crippen LogP contribution is -2.05.